The molecule has 0 radical (unpaired) electrons. The first-order valence-corrected chi connectivity index (χ1v) is 11.7. The summed E-state index contributed by atoms with van der Waals surface area (Å²) in [5.41, 5.74) is 5.93. The quantitative estimate of drug-likeness (QED) is 0.309. The Labute approximate surface area is 212 Å². The molecular weight excluding hydrogens is 466 g/mol. The highest BCUT2D eigenvalue weighted by Crippen LogP contribution is 2.27. The number of rotatable bonds is 5. The Morgan fingerprint density at radius 3 is 2.49 bits per heavy atom. The number of nitrogens with one attached hydrogen (secondary N) is 3. The number of carbonyl (C=O) groups excluding carboxylic acids is 1. The minimum atomic E-state index is -0.350. The highest BCUT2D eigenvalue weighted by Gasteiger charge is 2.13. The molecule has 2 amide bonds. The molecule has 6 aromatic rings. The lowest BCUT2D eigenvalue weighted by atomic mass is 10.1. The first-order valence-electron chi connectivity index (χ1n) is 11.7. The Balaban J connectivity index is 1.17. The number of hydrogen-bond donors (Lipinski definition) is 3. The van der Waals surface area contributed by atoms with Crippen molar-refractivity contribution in [3.05, 3.63) is 91.3 Å². The predicted octanol–water partition coefficient (Wildman–Crippen LogP) is 5.16. The maximum Gasteiger partial charge on any atom is 0.324 e. The molecule has 0 bridgehead atoms. The van der Waals surface area contributed by atoms with Crippen LogP contribution >= 0.6 is 0 Å². The van der Waals surface area contributed by atoms with Crippen molar-refractivity contribution in [3.63, 3.8) is 0 Å². The van der Waals surface area contributed by atoms with E-state index in [0.29, 0.717) is 11.5 Å². The summed E-state index contributed by atoms with van der Waals surface area (Å²) in [7, 11) is 1.79. The maximum atomic E-state index is 12.6. The molecule has 182 valence electrons. The monoisotopic (exact) mass is 489 g/mol. The zero-order chi connectivity index (χ0) is 25.4. The van der Waals surface area contributed by atoms with Gasteiger partial charge in [-0.25, -0.2) is 19.7 Å². The van der Waals surface area contributed by atoms with Crippen molar-refractivity contribution < 1.29 is 4.79 Å². The van der Waals surface area contributed by atoms with Crippen LogP contribution in [0.25, 0.3) is 39.4 Å². The van der Waals surface area contributed by atoms with Gasteiger partial charge in [-0.1, -0.05) is 42.5 Å². The molecule has 0 aliphatic rings. The fourth-order valence-corrected chi connectivity index (χ4v) is 4.17. The van der Waals surface area contributed by atoms with Crippen LogP contribution in [-0.4, -0.2) is 40.3 Å². The van der Waals surface area contributed by atoms with Gasteiger partial charge in [-0.15, -0.1) is 0 Å². The van der Waals surface area contributed by atoms with Crippen molar-refractivity contribution in [2.75, 3.05) is 10.6 Å². The molecule has 0 aliphatic heterocycles. The zero-order valence-electron chi connectivity index (χ0n) is 20.2. The van der Waals surface area contributed by atoms with E-state index in [1.807, 2.05) is 84.4 Å². The summed E-state index contributed by atoms with van der Waals surface area (Å²) in [6.07, 6.45) is 5.20. The summed E-state index contributed by atoms with van der Waals surface area (Å²) in [5, 5.41) is 11.1. The van der Waals surface area contributed by atoms with Crippen LogP contribution in [-0.2, 0) is 7.05 Å². The highest BCUT2D eigenvalue weighted by atomic mass is 16.2. The van der Waals surface area contributed by atoms with Crippen molar-refractivity contribution in [3.8, 4) is 28.3 Å². The van der Waals surface area contributed by atoms with Crippen molar-refractivity contribution in [1.82, 2.24) is 34.3 Å². The molecule has 0 saturated heterocycles. The third-order valence-corrected chi connectivity index (χ3v) is 6.01. The summed E-state index contributed by atoms with van der Waals surface area (Å²) < 4.78 is 3.52. The molecule has 4 aromatic heterocycles. The Bertz CT molecular complexity index is 1710. The van der Waals surface area contributed by atoms with Gasteiger partial charge in [0.25, 0.3) is 0 Å². The standard InChI is InChI=1S/C27H23N9O/c1-17-14-36(16-30-17)26-21-12-22(32-25(21)28-15-29-26)19-8-10-20(11-9-19)31-27(37)33-24-13-23(34-35(24)2)18-6-4-3-5-7-18/h3-16H,1-2H3,(H,28,29,32)(H2,31,33,37). The number of H-pyrrole nitrogens is 1. The first-order chi connectivity index (χ1) is 18.0. The first kappa shape index (κ1) is 22.2. The molecule has 2 aromatic carbocycles. The number of fused-ring (bicyclic) bond motifs is 1. The van der Waals surface area contributed by atoms with Gasteiger partial charge in [0.1, 0.15) is 24.1 Å². The lowest BCUT2D eigenvalue weighted by Gasteiger charge is -2.08. The largest absolute Gasteiger partial charge is 0.339 e. The second kappa shape index (κ2) is 9.08. The van der Waals surface area contributed by atoms with Gasteiger partial charge < -0.3 is 10.3 Å². The normalized spacial score (nSPS) is 11.1. The topological polar surface area (TPSA) is 118 Å². The summed E-state index contributed by atoms with van der Waals surface area (Å²) in [5.74, 6) is 1.35. The lowest BCUT2D eigenvalue weighted by Crippen LogP contribution is -2.20. The van der Waals surface area contributed by atoms with Crippen LogP contribution in [0.2, 0.25) is 0 Å². The van der Waals surface area contributed by atoms with Crippen molar-refractivity contribution in [1.29, 1.82) is 0 Å². The number of imidazole rings is 1. The van der Waals surface area contributed by atoms with Crippen LogP contribution in [0.5, 0.6) is 0 Å². The van der Waals surface area contributed by atoms with E-state index in [0.717, 1.165) is 45.1 Å². The summed E-state index contributed by atoms with van der Waals surface area (Å²) >= 11 is 0. The Morgan fingerprint density at radius 2 is 1.73 bits per heavy atom. The molecule has 10 nitrogen and oxygen atoms in total. The smallest absolute Gasteiger partial charge is 0.324 e. The third kappa shape index (κ3) is 4.43. The summed E-state index contributed by atoms with van der Waals surface area (Å²) in [4.78, 5) is 29.1. The average Bonchev–Trinajstić information content (AvgIpc) is 3.63. The molecule has 3 N–H and O–H groups in total. The van der Waals surface area contributed by atoms with Crippen LogP contribution in [0, 0.1) is 6.92 Å². The van der Waals surface area contributed by atoms with E-state index in [1.165, 1.54) is 6.33 Å². The van der Waals surface area contributed by atoms with Crippen LogP contribution in [0.1, 0.15) is 5.69 Å². The fourth-order valence-electron chi connectivity index (χ4n) is 4.17. The number of aromatic amines is 1. The summed E-state index contributed by atoms with van der Waals surface area (Å²) in [6, 6.07) is 20.9. The number of amides is 2. The number of benzene rings is 2. The van der Waals surface area contributed by atoms with E-state index in [-0.39, 0.29) is 6.03 Å². The SMILES string of the molecule is Cc1cn(-c2ncnc3[nH]c(-c4ccc(NC(=O)Nc5cc(-c6ccccc6)nn5C)cc4)cc23)cn1. The average molecular weight is 490 g/mol. The van der Waals surface area contributed by atoms with Gasteiger partial charge in [-0.2, -0.15) is 5.10 Å². The molecule has 0 saturated carbocycles. The van der Waals surface area contributed by atoms with Gasteiger partial charge in [0, 0.05) is 36.3 Å². The Morgan fingerprint density at radius 1 is 0.919 bits per heavy atom. The highest BCUT2D eigenvalue weighted by molar-refractivity contribution is 5.99. The number of hydrogen-bond acceptors (Lipinski definition) is 5. The van der Waals surface area contributed by atoms with E-state index < -0.39 is 0 Å². The number of nitrogens with zero attached hydrogens (tertiary/aromatic N) is 6. The maximum absolute atomic E-state index is 12.6. The number of aryl methyl sites for hydroxylation is 2. The predicted molar refractivity (Wildman–Crippen MR) is 142 cm³/mol. The Hall–Kier alpha value is -5.25. The fraction of sp³-hybridized carbons (Fsp3) is 0.0741. The number of urea groups is 1. The molecule has 6 rings (SSSR count). The van der Waals surface area contributed by atoms with Gasteiger partial charge in [0.2, 0.25) is 0 Å². The van der Waals surface area contributed by atoms with Crippen molar-refractivity contribution >= 4 is 28.6 Å². The molecule has 4 heterocycles. The second-order valence-electron chi connectivity index (χ2n) is 8.63. The molecule has 0 spiro atoms. The van der Waals surface area contributed by atoms with Gasteiger partial charge in [-0.3, -0.25) is 14.6 Å². The number of aromatic nitrogens is 7. The Kier molecular flexibility index (Phi) is 5.45. The number of carbonyl (C=O) groups is 1. The van der Waals surface area contributed by atoms with Gasteiger partial charge in [0.05, 0.1) is 16.8 Å². The van der Waals surface area contributed by atoms with Gasteiger partial charge in [-0.05, 0) is 30.7 Å². The molecular formula is C27H23N9O. The third-order valence-electron chi connectivity index (χ3n) is 6.01. The van der Waals surface area contributed by atoms with E-state index >= 15 is 0 Å². The van der Waals surface area contributed by atoms with Gasteiger partial charge in [0.15, 0.2) is 5.82 Å². The van der Waals surface area contributed by atoms with Gasteiger partial charge >= 0.3 is 6.03 Å². The van der Waals surface area contributed by atoms with E-state index in [4.69, 9.17) is 0 Å². The minimum Gasteiger partial charge on any atom is -0.339 e. The molecule has 37 heavy (non-hydrogen) atoms. The zero-order valence-corrected chi connectivity index (χ0v) is 20.2. The van der Waals surface area contributed by atoms with E-state index in [2.05, 4.69) is 35.7 Å². The van der Waals surface area contributed by atoms with Crippen LogP contribution in [0.4, 0.5) is 16.3 Å². The van der Waals surface area contributed by atoms with Crippen molar-refractivity contribution in [2.24, 2.45) is 7.05 Å². The van der Waals surface area contributed by atoms with Crippen molar-refractivity contribution in [2.45, 2.75) is 6.92 Å². The van der Waals surface area contributed by atoms with E-state index in [1.54, 1.807) is 18.1 Å². The minimum absolute atomic E-state index is 0.350. The molecule has 0 fully saturated rings. The second-order valence-corrected chi connectivity index (χ2v) is 8.63. The van der Waals surface area contributed by atoms with Crippen LogP contribution in [0.3, 0.4) is 0 Å². The summed E-state index contributed by atoms with van der Waals surface area (Å²) in [6.45, 7) is 1.94. The van der Waals surface area contributed by atoms with Crippen LogP contribution in [0.15, 0.2) is 85.6 Å². The molecule has 0 atom stereocenters. The molecule has 10 heteroatoms. The van der Waals surface area contributed by atoms with E-state index in [9.17, 15) is 4.79 Å². The number of anilines is 2. The molecule has 0 aliphatic carbocycles. The lowest BCUT2D eigenvalue weighted by molar-refractivity contribution is 0.262. The van der Waals surface area contributed by atoms with Crippen LogP contribution < -0.4 is 10.6 Å². The molecule has 0 unspecified atom stereocenters.